The summed E-state index contributed by atoms with van der Waals surface area (Å²) in [6, 6.07) is 2.36. The Hall–Kier alpha value is -1.05. The quantitative estimate of drug-likeness (QED) is 0.673. The van der Waals surface area contributed by atoms with Gasteiger partial charge in [0.05, 0.1) is 31.7 Å². The van der Waals surface area contributed by atoms with Crippen molar-refractivity contribution in [1.82, 2.24) is 0 Å². The zero-order valence-corrected chi connectivity index (χ0v) is 12.6. The first-order chi connectivity index (χ1) is 9.31. The average molecular weight is 339 g/mol. The highest BCUT2D eigenvalue weighted by Gasteiger charge is 2.31. The molecule has 1 aromatic rings. The van der Waals surface area contributed by atoms with Gasteiger partial charge in [-0.15, -0.1) is 0 Å². The van der Waals surface area contributed by atoms with Gasteiger partial charge in [0.2, 0.25) is 0 Å². The number of rotatable bonds is 4. The minimum absolute atomic E-state index is 0.0968. The molecule has 2 rings (SSSR count). The third-order valence-corrected chi connectivity index (χ3v) is 6.08. The maximum absolute atomic E-state index is 11.7. The molecule has 1 aromatic carbocycles. The summed E-state index contributed by atoms with van der Waals surface area (Å²) in [5.74, 6) is 0.196. The van der Waals surface area contributed by atoms with Gasteiger partial charge in [-0.1, -0.05) is 23.2 Å². The molecule has 1 saturated heterocycles. The second-order valence-corrected chi connectivity index (χ2v) is 7.77. The van der Waals surface area contributed by atoms with Crippen LogP contribution >= 0.6 is 23.2 Å². The molecule has 9 heteroatoms. The first kappa shape index (κ1) is 15.3. The number of non-ortho nitro benzene ring substituents is 1. The number of hydrogen-bond donors (Lipinski definition) is 1. The third kappa shape index (κ3) is 3.16. The second kappa shape index (κ2) is 5.75. The van der Waals surface area contributed by atoms with Crippen molar-refractivity contribution in [2.24, 2.45) is 0 Å². The SMILES string of the molecule is O=[N+]([O-])c1cc(Cl)c(NCC2CCCS2(=O)=O)c(Cl)c1. The molecule has 20 heavy (non-hydrogen) atoms. The summed E-state index contributed by atoms with van der Waals surface area (Å²) in [7, 11) is -3.06. The molecule has 0 bridgehead atoms. The van der Waals surface area contributed by atoms with Gasteiger partial charge in [0, 0.05) is 18.7 Å². The lowest BCUT2D eigenvalue weighted by atomic mass is 10.2. The van der Waals surface area contributed by atoms with Crippen LogP contribution in [0.25, 0.3) is 0 Å². The van der Waals surface area contributed by atoms with E-state index in [0.717, 1.165) is 0 Å². The van der Waals surface area contributed by atoms with Crippen molar-refractivity contribution in [3.63, 3.8) is 0 Å². The number of anilines is 1. The Labute approximate surface area is 126 Å². The Balaban J connectivity index is 2.16. The Morgan fingerprint density at radius 2 is 1.95 bits per heavy atom. The van der Waals surface area contributed by atoms with Crippen LogP contribution in [0.2, 0.25) is 10.0 Å². The molecule has 1 aliphatic rings. The van der Waals surface area contributed by atoms with E-state index in [0.29, 0.717) is 18.5 Å². The summed E-state index contributed by atoms with van der Waals surface area (Å²) in [6.45, 7) is 0.194. The maximum atomic E-state index is 11.7. The minimum Gasteiger partial charge on any atom is -0.381 e. The van der Waals surface area contributed by atoms with Gasteiger partial charge in [-0.3, -0.25) is 10.1 Å². The van der Waals surface area contributed by atoms with E-state index in [1.165, 1.54) is 12.1 Å². The van der Waals surface area contributed by atoms with E-state index in [1.54, 1.807) is 0 Å². The molecule has 1 N–H and O–H groups in total. The van der Waals surface area contributed by atoms with Gasteiger partial charge in [-0.05, 0) is 12.8 Å². The molecule has 1 fully saturated rings. The highest BCUT2D eigenvalue weighted by Crippen LogP contribution is 2.35. The van der Waals surface area contributed by atoms with Crippen LogP contribution < -0.4 is 5.32 Å². The predicted octanol–water partition coefficient (Wildman–Crippen LogP) is 2.89. The normalized spacial score (nSPS) is 20.8. The van der Waals surface area contributed by atoms with E-state index in [9.17, 15) is 18.5 Å². The van der Waals surface area contributed by atoms with E-state index in [2.05, 4.69) is 5.32 Å². The van der Waals surface area contributed by atoms with E-state index >= 15 is 0 Å². The summed E-state index contributed by atoms with van der Waals surface area (Å²) in [5.41, 5.74) is 0.111. The van der Waals surface area contributed by atoms with Gasteiger partial charge in [0.1, 0.15) is 0 Å². The fraction of sp³-hybridized carbons (Fsp3) is 0.455. The lowest BCUT2D eigenvalue weighted by Crippen LogP contribution is -2.25. The minimum atomic E-state index is -3.06. The van der Waals surface area contributed by atoms with Crippen LogP contribution in [-0.2, 0) is 9.84 Å². The molecule has 0 aliphatic carbocycles. The number of nitrogens with zero attached hydrogens (tertiary/aromatic N) is 1. The summed E-state index contributed by atoms with van der Waals surface area (Å²) >= 11 is 11.9. The number of nitro benzene ring substituents is 1. The van der Waals surface area contributed by atoms with Crippen molar-refractivity contribution in [3.05, 3.63) is 32.3 Å². The molecule has 1 aliphatic heterocycles. The lowest BCUT2D eigenvalue weighted by Gasteiger charge is -2.14. The first-order valence-corrected chi connectivity index (χ1v) is 8.37. The molecule has 0 saturated carbocycles. The van der Waals surface area contributed by atoms with Crippen molar-refractivity contribution in [3.8, 4) is 0 Å². The Bertz CT molecular complexity index is 625. The van der Waals surface area contributed by atoms with Crippen LogP contribution in [-0.4, -0.2) is 30.9 Å². The molecule has 0 amide bonds. The van der Waals surface area contributed by atoms with Crippen LogP contribution in [0.5, 0.6) is 0 Å². The van der Waals surface area contributed by atoms with Crippen LogP contribution in [0.4, 0.5) is 11.4 Å². The van der Waals surface area contributed by atoms with E-state index in [1.807, 2.05) is 0 Å². The van der Waals surface area contributed by atoms with E-state index in [4.69, 9.17) is 23.2 Å². The van der Waals surface area contributed by atoms with Crippen molar-refractivity contribution >= 4 is 44.4 Å². The van der Waals surface area contributed by atoms with Gasteiger partial charge in [-0.25, -0.2) is 8.42 Å². The summed E-state index contributed by atoms with van der Waals surface area (Å²) in [6.07, 6.45) is 1.24. The largest absolute Gasteiger partial charge is 0.381 e. The molecule has 110 valence electrons. The van der Waals surface area contributed by atoms with Gasteiger partial charge < -0.3 is 5.32 Å². The fourth-order valence-corrected chi connectivity index (χ4v) is 4.51. The third-order valence-electron chi connectivity index (χ3n) is 3.21. The van der Waals surface area contributed by atoms with Crippen LogP contribution in [0.1, 0.15) is 12.8 Å². The standard InChI is InChI=1S/C11H12Cl2N2O4S/c12-9-4-7(15(16)17)5-10(13)11(9)14-6-8-2-1-3-20(8,18)19/h4-5,8,14H,1-3,6H2. The zero-order valence-electron chi connectivity index (χ0n) is 10.3. The topological polar surface area (TPSA) is 89.3 Å². The summed E-state index contributed by atoms with van der Waals surface area (Å²) in [5, 5.41) is 13.3. The number of halogens is 2. The number of nitrogens with one attached hydrogen (secondary N) is 1. The molecule has 1 unspecified atom stereocenters. The molecule has 0 aromatic heterocycles. The molecular formula is C11H12Cl2N2O4S. The van der Waals surface area contributed by atoms with Crippen molar-refractivity contribution in [2.75, 3.05) is 17.6 Å². The summed E-state index contributed by atoms with van der Waals surface area (Å²) < 4.78 is 23.4. The maximum Gasteiger partial charge on any atom is 0.272 e. The fourth-order valence-electron chi connectivity index (χ4n) is 2.14. The Morgan fingerprint density at radius 3 is 2.40 bits per heavy atom. The Kier molecular flexibility index (Phi) is 4.41. The van der Waals surface area contributed by atoms with E-state index < -0.39 is 20.0 Å². The van der Waals surface area contributed by atoms with Crippen LogP contribution in [0.3, 0.4) is 0 Å². The number of sulfone groups is 1. The van der Waals surface area contributed by atoms with Crippen LogP contribution in [0, 0.1) is 10.1 Å². The molecule has 0 radical (unpaired) electrons. The zero-order chi connectivity index (χ0) is 14.9. The molecule has 0 spiro atoms. The van der Waals surface area contributed by atoms with Gasteiger partial charge in [-0.2, -0.15) is 0 Å². The first-order valence-electron chi connectivity index (χ1n) is 5.90. The average Bonchev–Trinajstić information content (AvgIpc) is 2.67. The van der Waals surface area contributed by atoms with Crippen molar-refractivity contribution < 1.29 is 13.3 Å². The predicted molar refractivity (Wildman–Crippen MR) is 78.4 cm³/mol. The highest BCUT2D eigenvalue weighted by atomic mass is 35.5. The van der Waals surface area contributed by atoms with Gasteiger partial charge >= 0.3 is 0 Å². The molecule has 1 heterocycles. The van der Waals surface area contributed by atoms with Crippen molar-refractivity contribution in [1.29, 1.82) is 0 Å². The number of nitro groups is 1. The van der Waals surface area contributed by atoms with Gasteiger partial charge in [0.25, 0.3) is 5.69 Å². The monoisotopic (exact) mass is 338 g/mol. The molecule has 6 nitrogen and oxygen atoms in total. The van der Waals surface area contributed by atoms with Crippen molar-refractivity contribution in [2.45, 2.75) is 18.1 Å². The Morgan fingerprint density at radius 1 is 1.35 bits per heavy atom. The van der Waals surface area contributed by atoms with Crippen LogP contribution in [0.15, 0.2) is 12.1 Å². The molecular weight excluding hydrogens is 327 g/mol. The summed E-state index contributed by atoms with van der Waals surface area (Å²) in [4.78, 5) is 10.1. The molecule has 1 atom stereocenters. The lowest BCUT2D eigenvalue weighted by molar-refractivity contribution is -0.384. The number of benzene rings is 1. The highest BCUT2D eigenvalue weighted by molar-refractivity contribution is 7.92. The van der Waals surface area contributed by atoms with Gasteiger partial charge in [0.15, 0.2) is 9.84 Å². The number of hydrogen-bond acceptors (Lipinski definition) is 5. The smallest absolute Gasteiger partial charge is 0.272 e. The van der Waals surface area contributed by atoms with E-state index in [-0.39, 0.29) is 28.0 Å². The second-order valence-electron chi connectivity index (χ2n) is 4.55.